The standard InChI is InChI=1S/C18H24N2/c1-4-10-20-18(17-7-5-6-14(2)13-17)15(3)16-8-11-19-12-9-16/h5-9,11-13,15,18,20H,4,10H2,1-3H3. The second-order valence-corrected chi connectivity index (χ2v) is 5.42. The summed E-state index contributed by atoms with van der Waals surface area (Å²) in [5.74, 6) is 0.423. The first-order valence-electron chi connectivity index (χ1n) is 7.42. The van der Waals surface area contributed by atoms with Crippen molar-refractivity contribution in [2.75, 3.05) is 6.54 Å². The summed E-state index contributed by atoms with van der Waals surface area (Å²) in [6, 6.07) is 13.4. The highest BCUT2D eigenvalue weighted by Crippen LogP contribution is 2.30. The maximum Gasteiger partial charge on any atom is 0.0386 e. The Morgan fingerprint density at radius 2 is 1.85 bits per heavy atom. The summed E-state index contributed by atoms with van der Waals surface area (Å²) >= 11 is 0. The van der Waals surface area contributed by atoms with Crippen molar-refractivity contribution in [1.82, 2.24) is 10.3 Å². The molecule has 0 aliphatic heterocycles. The molecule has 2 aromatic rings. The van der Waals surface area contributed by atoms with Gasteiger partial charge in [-0.1, -0.05) is 43.7 Å². The molecular formula is C18H24N2. The lowest BCUT2D eigenvalue weighted by Gasteiger charge is -2.26. The predicted molar refractivity (Wildman–Crippen MR) is 84.9 cm³/mol. The van der Waals surface area contributed by atoms with Gasteiger partial charge in [0, 0.05) is 24.4 Å². The van der Waals surface area contributed by atoms with Crippen molar-refractivity contribution in [3.63, 3.8) is 0 Å². The van der Waals surface area contributed by atoms with E-state index in [9.17, 15) is 0 Å². The third-order valence-corrected chi connectivity index (χ3v) is 3.75. The van der Waals surface area contributed by atoms with Gasteiger partial charge in [0.05, 0.1) is 0 Å². The summed E-state index contributed by atoms with van der Waals surface area (Å²) in [5.41, 5.74) is 4.01. The van der Waals surface area contributed by atoms with Crippen LogP contribution in [0, 0.1) is 6.92 Å². The van der Waals surface area contributed by atoms with Crippen LogP contribution < -0.4 is 5.32 Å². The lowest BCUT2D eigenvalue weighted by Crippen LogP contribution is -2.26. The van der Waals surface area contributed by atoms with Crippen LogP contribution in [0.4, 0.5) is 0 Å². The van der Waals surface area contributed by atoms with Crippen LogP contribution in [-0.4, -0.2) is 11.5 Å². The molecule has 1 aromatic heterocycles. The molecule has 2 heteroatoms. The zero-order chi connectivity index (χ0) is 14.4. The molecule has 1 aromatic carbocycles. The van der Waals surface area contributed by atoms with Gasteiger partial charge in [-0.2, -0.15) is 0 Å². The number of rotatable bonds is 6. The maximum atomic E-state index is 4.12. The Bertz CT molecular complexity index is 522. The zero-order valence-electron chi connectivity index (χ0n) is 12.6. The topological polar surface area (TPSA) is 24.9 Å². The van der Waals surface area contributed by atoms with E-state index in [2.05, 4.69) is 67.5 Å². The molecule has 0 amide bonds. The quantitative estimate of drug-likeness (QED) is 0.848. The van der Waals surface area contributed by atoms with Crippen LogP contribution in [-0.2, 0) is 0 Å². The van der Waals surface area contributed by atoms with Crippen molar-refractivity contribution in [1.29, 1.82) is 0 Å². The molecule has 0 radical (unpaired) electrons. The van der Waals surface area contributed by atoms with Crippen LogP contribution in [0.25, 0.3) is 0 Å². The first kappa shape index (κ1) is 14.7. The summed E-state index contributed by atoms with van der Waals surface area (Å²) in [4.78, 5) is 4.12. The number of hydrogen-bond donors (Lipinski definition) is 1. The number of benzene rings is 1. The molecule has 2 atom stereocenters. The smallest absolute Gasteiger partial charge is 0.0386 e. The molecule has 2 nitrogen and oxygen atoms in total. The molecule has 0 aliphatic rings. The first-order chi connectivity index (χ1) is 9.72. The predicted octanol–water partition coefficient (Wildman–Crippen LogP) is 4.23. The average molecular weight is 268 g/mol. The monoisotopic (exact) mass is 268 g/mol. The Balaban J connectivity index is 2.27. The zero-order valence-corrected chi connectivity index (χ0v) is 12.6. The van der Waals surface area contributed by atoms with Gasteiger partial charge in [-0.05, 0) is 43.1 Å². The van der Waals surface area contributed by atoms with Gasteiger partial charge in [0.1, 0.15) is 0 Å². The van der Waals surface area contributed by atoms with Gasteiger partial charge in [-0.25, -0.2) is 0 Å². The molecule has 0 saturated carbocycles. The number of nitrogens with one attached hydrogen (secondary N) is 1. The largest absolute Gasteiger partial charge is 0.309 e. The fourth-order valence-corrected chi connectivity index (χ4v) is 2.61. The minimum absolute atomic E-state index is 0.345. The molecule has 0 aliphatic carbocycles. The second-order valence-electron chi connectivity index (χ2n) is 5.42. The molecule has 1 N–H and O–H groups in total. The van der Waals surface area contributed by atoms with Crippen molar-refractivity contribution in [2.45, 2.75) is 39.2 Å². The molecular weight excluding hydrogens is 244 g/mol. The third kappa shape index (κ3) is 3.67. The van der Waals surface area contributed by atoms with Crippen LogP contribution in [0.15, 0.2) is 48.8 Å². The fraction of sp³-hybridized carbons (Fsp3) is 0.389. The molecule has 20 heavy (non-hydrogen) atoms. The van der Waals surface area contributed by atoms with Crippen LogP contribution in [0.3, 0.4) is 0 Å². The van der Waals surface area contributed by atoms with E-state index in [1.807, 2.05) is 12.4 Å². The first-order valence-corrected chi connectivity index (χ1v) is 7.42. The van der Waals surface area contributed by atoms with Crippen LogP contribution in [0.1, 0.15) is 48.9 Å². The highest BCUT2D eigenvalue weighted by atomic mass is 14.9. The normalized spacial score (nSPS) is 13.9. The van der Waals surface area contributed by atoms with E-state index in [1.165, 1.54) is 16.7 Å². The van der Waals surface area contributed by atoms with E-state index >= 15 is 0 Å². The Morgan fingerprint density at radius 3 is 2.50 bits per heavy atom. The summed E-state index contributed by atoms with van der Waals surface area (Å²) in [6.45, 7) is 7.67. The number of aryl methyl sites for hydroxylation is 1. The molecule has 106 valence electrons. The molecule has 1 heterocycles. The van der Waals surface area contributed by atoms with E-state index < -0.39 is 0 Å². The summed E-state index contributed by atoms with van der Waals surface area (Å²) in [6.07, 6.45) is 4.89. The minimum atomic E-state index is 0.345. The molecule has 0 saturated heterocycles. The van der Waals surface area contributed by atoms with Crippen LogP contribution in [0.5, 0.6) is 0 Å². The van der Waals surface area contributed by atoms with Crippen molar-refractivity contribution < 1.29 is 0 Å². The SMILES string of the molecule is CCCNC(c1cccc(C)c1)C(C)c1ccncc1. The van der Waals surface area contributed by atoms with Gasteiger partial charge < -0.3 is 5.32 Å². The number of pyridine rings is 1. The van der Waals surface area contributed by atoms with E-state index in [1.54, 1.807) is 0 Å². The molecule has 2 rings (SSSR count). The average Bonchev–Trinajstić information content (AvgIpc) is 2.48. The molecule has 0 fully saturated rings. The Morgan fingerprint density at radius 1 is 1.10 bits per heavy atom. The number of hydrogen-bond acceptors (Lipinski definition) is 2. The van der Waals surface area contributed by atoms with Crippen molar-refractivity contribution in [2.24, 2.45) is 0 Å². The second kappa shape index (κ2) is 7.20. The Hall–Kier alpha value is -1.67. The molecule has 0 bridgehead atoms. The van der Waals surface area contributed by atoms with Crippen molar-refractivity contribution >= 4 is 0 Å². The van der Waals surface area contributed by atoms with E-state index in [0.29, 0.717) is 12.0 Å². The van der Waals surface area contributed by atoms with Crippen LogP contribution >= 0.6 is 0 Å². The Kier molecular flexibility index (Phi) is 5.31. The van der Waals surface area contributed by atoms with Gasteiger partial charge >= 0.3 is 0 Å². The van der Waals surface area contributed by atoms with Gasteiger partial charge in [-0.15, -0.1) is 0 Å². The van der Waals surface area contributed by atoms with Gasteiger partial charge in [-0.3, -0.25) is 4.98 Å². The van der Waals surface area contributed by atoms with Gasteiger partial charge in [0.25, 0.3) is 0 Å². The number of nitrogens with zero attached hydrogens (tertiary/aromatic N) is 1. The maximum absolute atomic E-state index is 4.12. The lowest BCUT2D eigenvalue weighted by atomic mass is 9.88. The lowest BCUT2D eigenvalue weighted by molar-refractivity contribution is 0.466. The molecule has 0 spiro atoms. The fourth-order valence-electron chi connectivity index (χ4n) is 2.61. The highest BCUT2D eigenvalue weighted by Gasteiger charge is 2.20. The van der Waals surface area contributed by atoms with Crippen LogP contribution in [0.2, 0.25) is 0 Å². The summed E-state index contributed by atoms with van der Waals surface area (Å²) in [7, 11) is 0. The summed E-state index contributed by atoms with van der Waals surface area (Å²) in [5, 5.41) is 3.69. The molecule has 2 unspecified atom stereocenters. The van der Waals surface area contributed by atoms with Gasteiger partial charge in [0.15, 0.2) is 0 Å². The van der Waals surface area contributed by atoms with E-state index in [-0.39, 0.29) is 0 Å². The van der Waals surface area contributed by atoms with Crippen molar-refractivity contribution in [3.8, 4) is 0 Å². The third-order valence-electron chi connectivity index (χ3n) is 3.75. The number of aromatic nitrogens is 1. The summed E-state index contributed by atoms with van der Waals surface area (Å²) < 4.78 is 0. The Labute approximate surface area is 122 Å². The minimum Gasteiger partial charge on any atom is -0.309 e. The highest BCUT2D eigenvalue weighted by molar-refractivity contribution is 5.29. The van der Waals surface area contributed by atoms with E-state index in [4.69, 9.17) is 0 Å². The van der Waals surface area contributed by atoms with E-state index in [0.717, 1.165) is 13.0 Å². The van der Waals surface area contributed by atoms with Gasteiger partial charge in [0.2, 0.25) is 0 Å². The van der Waals surface area contributed by atoms with Crippen molar-refractivity contribution in [3.05, 3.63) is 65.5 Å².